The first-order valence-electron chi connectivity index (χ1n) is 7.22. The number of carbonyl (C=O) groups excluding carboxylic acids is 1. The van der Waals surface area contributed by atoms with Crippen molar-refractivity contribution >= 4 is 5.91 Å². The van der Waals surface area contributed by atoms with Gasteiger partial charge in [-0.3, -0.25) is 4.79 Å². The van der Waals surface area contributed by atoms with Crippen LogP contribution in [-0.2, 0) is 4.79 Å². The van der Waals surface area contributed by atoms with Crippen LogP contribution in [-0.4, -0.2) is 42.5 Å². The summed E-state index contributed by atoms with van der Waals surface area (Å²) in [6, 6.07) is 0. The molecule has 1 saturated carbocycles. The highest BCUT2D eigenvalue weighted by molar-refractivity contribution is 5.85. The van der Waals surface area contributed by atoms with E-state index in [1.54, 1.807) is 0 Å². The number of likely N-dealkylation sites (N-methyl/N-ethyl adjacent to an activating group) is 1. The first-order valence-corrected chi connectivity index (χ1v) is 7.22. The third kappa shape index (κ3) is 3.45. The standard InChI is InChI=1S/C14H29N3O/c1-5-17(6-2)8-7-16-14(13(15)18)9-12(10-14)11(3)4/h11-12,16H,5-10H2,1-4H3,(H2,15,18). The van der Waals surface area contributed by atoms with Gasteiger partial charge in [-0.05, 0) is 37.8 Å². The molecule has 1 amide bonds. The van der Waals surface area contributed by atoms with Gasteiger partial charge < -0.3 is 16.0 Å². The fourth-order valence-corrected chi connectivity index (χ4v) is 2.73. The number of hydrogen-bond acceptors (Lipinski definition) is 3. The monoisotopic (exact) mass is 255 g/mol. The summed E-state index contributed by atoms with van der Waals surface area (Å²) in [6.07, 6.45) is 1.80. The maximum atomic E-state index is 11.6. The third-order valence-electron chi connectivity index (χ3n) is 4.42. The topological polar surface area (TPSA) is 58.4 Å². The molecule has 3 N–H and O–H groups in total. The van der Waals surface area contributed by atoms with E-state index in [2.05, 4.69) is 37.9 Å². The number of amides is 1. The molecule has 4 nitrogen and oxygen atoms in total. The van der Waals surface area contributed by atoms with E-state index in [0.29, 0.717) is 11.8 Å². The van der Waals surface area contributed by atoms with E-state index in [1.165, 1.54) is 0 Å². The summed E-state index contributed by atoms with van der Waals surface area (Å²) in [5, 5.41) is 3.40. The number of carbonyl (C=O) groups is 1. The fourth-order valence-electron chi connectivity index (χ4n) is 2.73. The van der Waals surface area contributed by atoms with Crippen molar-refractivity contribution in [1.82, 2.24) is 10.2 Å². The Morgan fingerprint density at radius 3 is 2.33 bits per heavy atom. The predicted octanol–water partition coefficient (Wildman–Crippen LogP) is 1.21. The van der Waals surface area contributed by atoms with Crippen LogP contribution in [0.4, 0.5) is 0 Å². The number of rotatable bonds is 8. The van der Waals surface area contributed by atoms with Gasteiger partial charge in [0.15, 0.2) is 0 Å². The molecule has 0 saturated heterocycles. The highest BCUT2D eigenvalue weighted by Crippen LogP contribution is 2.41. The highest BCUT2D eigenvalue weighted by atomic mass is 16.1. The van der Waals surface area contributed by atoms with Crippen molar-refractivity contribution in [3.63, 3.8) is 0 Å². The lowest BCUT2D eigenvalue weighted by Crippen LogP contribution is -2.64. The van der Waals surface area contributed by atoms with Crippen LogP contribution in [0.15, 0.2) is 0 Å². The molecule has 0 spiro atoms. The summed E-state index contributed by atoms with van der Waals surface area (Å²) in [4.78, 5) is 14.0. The lowest BCUT2D eigenvalue weighted by Gasteiger charge is -2.48. The van der Waals surface area contributed by atoms with E-state index < -0.39 is 5.54 Å². The number of hydrogen-bond donors (Lipinski definition) is 2. The zero-order valence-corrected chi connectivity index (χ0v) is 12.3. The SMILES string of the molecule is CCN(CC)CCNC1(C(N)=O)CC(C(C)C)C1. The normalized spacial score (nSPS) is 27.6. The van der Waals surface area contributed by atoms with Crippen molar-refractivity contribution in [1.29, 1.82) is 0 Å². The Balaban J connectivity index is 2.40. The first-order chi connectivity index (χ1) is 8.45. The second-order valence-corrected chi connectivity index (χ2v) is 5.81. The van der Waals surface area contributed by atoms with Crippen LogP contribution in [0.2, 0.25) is 0 Å². The molecule has 0 aromatic carbocycles. The summed E-state index contributed by atoms with van der Waals surface area (Å²) >= 11 is 0. The van der Waals surface area contributed by atoms with Crippen molar-refractivity contribution < 1.29 is 4.79 Å². The summed E-state index contributed by atoms with van der Waals surface area (Å²) in [5.74, 6) is 1.10. The van der Waals surface area contributed by atoms with E-state index in [9.17, 15) is 4.79 Å². The Bertz CT molecular complexity index is 268. The van der Waals surface area contributed by atoms with Crippen molar-refractivity contribution in [3.05, 3.63) is 0 Å². The smallest absolute Gasteiger partial charge is 0.237 e. The van der Waals surface area contributed by atoms with Crippen LogP contribution in [0.5, 0.6) is 0 Å². The quantitative estimate of drug-likeness (QED) is 0.685. The van der Waals surface area contributed by atoms with Crippen molar-refractivity contribution in [2.24, 2.45) is 17.6 Å². The average molecular weight is 255 g/mol. The highest BCUT2D eigenvalue weighted by Gasteiger charge is 2.49. The molecule has 0 aliphatic heterocycles. The number of nitrogens with two attached hydrogens (primary N) is 1. The molecule has 0 aromatic heterocycles. The van der Waals surface area contributed by atoms with Gasteiger partial charge in [0.2, 0.25) is 5.91 Å². The van der Waals surface area contributed by atoms with Crippen LogP contribution in [0.1, 0.15) is 40.5 Å². The maximum absolute atomic E-state index is 11.6. The first kappa shape index (κ1) is 15.4. The van der Waals surface area contributed by atoms with Gasteiger partial charge >= 0.3 is 0 Å². The predicted molar refractivity (Wildman–Crippen MR) is 75.3 cm³/mol. The van der Waals surface area contributed by atoms with Crippen molar-refractivity contribution in [3.8, 4) is 0 Å². The minimum Gasteiger partial charge on any atom is -0.368 e. The van der Waals surface area contributed by atoms with Gasteiger partial charge in [-0.2, -0.15) is 0 Å². The summed E-state index contributed by atoms with van der Waals surface area (Å²) in [5.41, 5.74) is 5.13. The number of nitrogens with one attached hydrogen (secondary N) is 1. The molecule has 0 radical (unpaired) electrons. The second kappa shape index (κ2) is 6.53. The van der Waals surface area contributed by atoms with Crippen LogP contribution in [0.3, 0.4) is 0 Å². The second-order valence-electron chi connectivity index (χ2n) is 5.81. The van der Waals surface area contributed by atoms with Gasteiger partial charge in [-0.25, -0.2) is 0 Å². The molecule has 1 rings (SSSR count). The molecule has 4 heteroatoms. The van der Waals surface area contributed by atoms with E-state index in [0.717, 1.165) is 39.0 Å². The van der Waals surface area contributed by atoms with Crippen molar-refractivity contribution in [2.45, 2.75) is 46.1 Å². The van der Waals surface area contributed by atoms with E-state index >= 15 is 0 Å². The summed E-state index contributed by atoms with van der Waals surface area (Å²) in [7, 11) is 0. The molecule has 1 aliphatic rings. The van der Waals surface area contributed by atoms with E-state index in [1.807, 2.05) is 0 Å². The summed E-state index contributed by atoms with van der Waals surface area (Å²) in [6.45, 7) is 12.7. The fraction of sp³-hybridized carbons (Fsp3) is 0.929. The molecule has 1 aliphatic carbocycles. The minimum atomic E-state index is -0.428. The Kier molecular flexibility index (Phi) is 5.60. The van der Waals surface area contributed by atoms with Gasteiger partial charge in [-0.1, -0.05) is 27.7 Å². The molecule has 18 heavy (non-hydrogen) atoms. The molecule has 0 unspecified atom stereocenters. The van der Waals surface area contributed by atoms with E-state index in [-0.39, 0.29) is 5.91 Å². The van der Waals surface area contributed by atoms with Gasteiger partial charge in [0.1, 0.15) is 0 Å². The lowest BCUT2D eigenvalue weighted by molar-refractivity contribution is -0.131. The van der Waals surface area contributed by atoms with Crippen LogP contribution < -0.4 is 11.1 Å². The van der Waals surface area contributed by atoms with Crippen LogP contribution in [0.25, 0.3) is 0 Å². The molecule has 106 valence electrons. The molecular formula is C14H29N3O. The molecular weight excluding hydrogens is 226 g/mol. The van der Waals surface area contributed by atoms with Gasteiger partial charge in [-0.15, -0.1) is 0 Å². The van der Waals surface area contributed by atoms with Gasteiger partial charge in [0.05, 0.1) is 5.54 Å². The zero-order valence-electron chi connectivity index (χ0n) is 12.3. The third-order valence-corrected chi connectivity index (χ3v) is 4.42. The Morgan fingerprint density at radius 2 is 1.94 bits per heavy atom. The zero-order chi connectivity index (χ0) is 13.8. The number of primary amides is 1. The Hall–Kier alpha value is -0.610. The maximum Gasteiger partial charge on any atom is 0.237 e. The molecule has 0 aromatic rings. The van der Waals surface area contributed by atoms with Gasteiger partial charge in [0.25, 0.3) is 0 Å². The summed E-state index contributed by atoms with van der Waals surface area (Å²) < 4.78 is 0. The van der Waals surface area contributed by atoms with Crippen LogP contribution >= 0.6 is 0 Å². The molecule has 0 atom stereocenters. The lowest BCUT2D eigenvalue weighted by atomic mass is 9.63. The Labute approximate surface area is 111 Å². The molecule has 0 bridgehead atoms. The molecule has 0 heterocycles. The minimum absolute atomic E-state index is 0.182. The number of nitrogens with zero attached hydrogens (tertiary/aromatic N) is 1. The van der Waals surface area contributed by atoms with Gasteiger partial charge in [0, 0.05) is 13.1 Å². The van der Waals surface area contributed by atoms with Crippen molar-refractivity contribution in [2.75, 3.05) is 26.2 Å². The van der Waals surface area contributed by atoms with E-state index in [4.69, 9.17) is 5.73 Å². The molecule has 1 fully saturated rings. The largest absolute Gasteiger partial charge is 0.368 e. The van der Waals surface area contributed by atoms with Crippen LogP contribution in [0, 0.1) is 11.8 Å². The average Bonchev–Trinajstić information content (AvgIpc) is 2.26. The Morgan fingerprint density at radius 1 is 1.39 bits per heavy atom.